The number of aromatic hydroxyl groups is 1. The number of ether oxygens (including phenoxy) is 5. The van der Waals surface area contributed by atoms with Gasteiger partial charge in [0.1, 0.15) is 0 Å². The topological polar surface area (TPSA) is 107 Å². The first-order valence-corrected chi connectivity index (χ1v) is 10.3. The molecular formula is C25H28O8. The van der Waals surface area contributed by atoms with Gasteiger partial charge in [0.05, 0.1) is 34.5 Å². The molecule has 0 fully saturated rings. The molecular weight excluding hydrogens is 428 g/mol. The molecule has 3 aromatic rings. The molecule has 8 heteroatoms. The average Bonchev–Trinajstić information content (AvgIpc) is 2.86. The summed E-state index contributed by atoms with van der Waals surface area (Å²) in [5, 5.41) is 29.7. The third kappa shape index (κ3) is 5.60. The van der Waals surface area contributed by atoms with Gasteiger partial charge in [0.2, 0.25) is 0 Å². The average molecular weight is 456 g/mol. The van der Waals surface area contributed by atoms with Gasteiger partial charge in [0, 0.05) is 5.56 Å². The molecule has 3 aromatic carbocycles. The van der Waals surface area contributed by atoms with Gasteiger partial charge in [0.25, 0.3) is 0 Å². The van der Waals surface area contributed by atoms with Crippen LogP contribution in [0.25, 0.3) is 0 Å². The number of para-hydroxylation sites is 2. The fourth-order valence-corrected chi connectivity index (χ4v) is 3.35. The van der Waals surface area contributed by atoms with Crippen LogP contribution < -0.4 is 23.7 Å². The van der Waals surface area contributed by atoms with E-state index < -0.39 is 12.2 Å². The maximum absolute atomic E-state index is 10.3. The molecule has 0 saturated heterocycles. The minimum atomic E-state index is -0.863. The number of aliphatic hydroxyl groups excluding tert-OH is 2. The summed E-state index contributed by atoms with van der Waals surface area (Å²) in [5.74, 6) is 1.94. The van der Waals surface area contributed by atoms with Gasteiger partial charge < -0.3 is 39.0 Å². The van der Waals surface area contributed by atoms with Crippen LogP contribution in [-0.4, -0.2) is 49.4 Å². The zero-order valence-electron chi connectivity index (χ0n) is 18.7. The molecule has 176 valence electrons. The predicted octanol–water partition coefficient (Wildman–Crippen LogP) is 3.47. The summed E-state index contributed by atoms with van der Waals surface area (Å²) in [7, 11) is 4.47. The highest BCUT2D eigenvalue weighted by Crippen LogP contribution is 2.38. The summed E-state index contributed by atoms with van der Waals surface area (Å²) in [6.45, 7) is -0.533. The highest BCUT2D eigenvalue weighted by molar-refractivity contribution is 5.46. The van der Waals surface area contributed by atoms with Crippen molar-refractivity contribution in [2.45, 2.75) is 18.8 Å². The number of methoxy groups -OCH3 is 3. The molecule has 2 atom stereocenters. The normalized spacial score (nSPS) is 12.5. The maximum atomic E-state index is 10.3. The molecule has 0 spiro atoms. The van der Waals surface area contributed by atoms with Crippen LogP contribution in [0.4, 0.5) is 0 Å². The van der Waals surface area contributed by atoms with Crippen LogP contribution in [0.5, 0.6) is 34.5 Å². The Morgan fingerprint density at radius 2 is 1.36 bits per heavy atom. The summed E-state index contributed by atoms with van der Waals surface area (Å²) in [6.07, 6.45) is -1.69. The Hall–Kier alpha value is -3.62. The lowest BCUT2D eigenvalue weighted by Gasteiger charge is -2.29. The first-order chi connectivity index (χ1) is 16.0. The summed E-state index contributed by atoms with van der Waals surface area (Å²) in [6, 6.07) is 16.9. The molecule has 0 heterocycles. The van der Waals surface area contributed by atoms with Crippen molar-refractivity contribution in [1.82, 2.24) is 0 Å². The molecule has 0 unspecified atom stereocenters. The van der Waals surface area contributed by atoms with E-state index in [1.807, 2.05) is 6.07 Å². The van der Waals surface area contributed by atoms with E-state index in [9.17, 15) is 15.3 Å². The molecule has 0 radical (unpaired) electrons. The van der Waals surface area contributed by atoms with Gasteiger partial charge in [-0.25, -0.2) is 0 Å². The summed E-state index contributed by atoms with van der Waals surface area (Å²) >= 11 is 0. The molecule has 0 bridgehead atoms. The molecule has 0 aliphatic heterocycles. The van der Waals surface area contributed by atoms with Gasteiger partial charge in [-0.15, -0.1) is 0 Å². The van der Waals surface area contributed by atoms with Crippen molar-refractivity contribution >= 4 is 0 Å². The summed E-state index contributed by atoms with van der Waals surface area (Å²) in [5.41, 5.74) is 1.25. The third-order valence-electron chi connectivity index (χ3n) is 5.06. The zero-order chi connectivity index (χ0) is 23.8. The smallest absolute Gasteiger partial charge is 0.163 e. The standard InChI is InChI=1S/C25H28O8/c1-29-19-6-4-5-7-20(19)32-24(15-27)25(17-9-10-18(28)22(13-17)30-2)33-21-11-8-16(14-26)12-23(21)31-3/h4-13,24-28H,14-15H2,1-3H3/t24-,25-/m1/s1. The van der Waals surface area contributed by atoms with Crippen LogP contribution in [0.2, 0.25) is 0 Å². The number of hydrogen-bond acceptors (Lipinski definition) is 8. The van der Waals surface area contributed by atoms with E-state index in [1.54, 1.807) is 48.5 Å². The second kappa shape index (κ2) is 11.3. The fourth-order valence-electron chi connectivity index (χ4n) is 3.35. The van der Waals surface area contributed by atoms with Crippen LogP contribution in [-0.2, 0) is 6.61 Å². The Morgan fingerprint density at radius 3 is 2.00 bits per heavy atom. The molecule has 0 aromatic heterocycles. The van der Waals surface area contributed by atoms with Gasteiger partial charge in [-0.1, -0.05) is 24.3 Å². The van der Waals surface area contributed by atoms with E-state index in [0.29, 0.717) is 34.1 Å². The summed E-state index contributed by atoms with van der Waals surface area (Å²) in [4.78, 5) is 0. The van der Waals surface area contributed by atoms with Gasteiger partial charge in [0.15, 0.2) is 46.7 Å². The Balaban J connectivity index is 2.04. The number of hydrogen-bond donors (Lipinski definition) is 3. The summed E-state index contributed by atoms with van der Waals surface area (Å²) < 4.78 is 28.4. The van der Waals surface area contributed by atoms with Crippen molar-refractivity contribution in [3.63, 3.8) is 0 Å². The zero-order valence-corrected chi connectivity index (χ0v) is 18.7. The monoisotopic (exact) mass is 456 g/mol. The molecule has 33 heavy (non-hydrogen) atoms. The number of benzene rings is 3. The van der Waals surface area contributed by atoms with Crippen LogP contribution in [0.3, 0.4) is 0 Å². The van der Waals surface area contributed by atoms with E-state index in [0.717, 1.165) is 0 Å². The quantitative estimate of drug-likeness (QED) is 0.403. The lowest BCUT2D eigenvalue weighted by atomic mass is 10.0. The van der Waals surface area contributed by atoms with E-state index in [2.05, 4.69) is 0 Å². The van der Waals surface area contributed by atoms with Crippen molar-refractivity contribution in [3.8, 4) is 34.5 Å². The van der Waals surface area contributed by atoms with Crippen molar-refractivity contribution in [1.29, 1.82) is 0 Å². The second-order valence-electron chi connectivity index (χ2n) is 7.10. The molecule has 0 aliphatic rings. The van der Waals surface area contributed by atoms with E-state index in [4.69, 9.17) is 23.7 Å². The molecule has 0 aliphatic carbocycles. The molecule has 0 saturated carbocycles. The Kier molecular flexibility index (Phi) is 8.23. The molecule has 3 rings (SSSR count). The Labute approximate surface area is 192 Å². The minimum Gasteiger partial charge on any atom is -0.504 e. The molecule has 3 N–H and O–H groups in total. The van der Waals surface area contributed by atoms with Crippen LogP contribution >= 0.6 is 0 Å². The SMILES string of the molecule is COc1cc([C@@H](Oc2ccc(CO)cc2OC)[C@@H](CO)Oc2ccccc2OC)ccc1O. The van der Waals surface area contributed by atoms with Crippen molar-refractivity contribution in [3.05, 3.63) is 71.8 Å². The molecule has 0 amide bonds. The van der Waals surface area contributed by atoms with E-state index in [-0.39, 0.29) is 24.7 Å². The van der Waals surface area contributed by atoms with Gasteiger partial charge >= 0.3 is 0 Å². The van der Waals surface area contributed by atoms with Crippen molar-refractivity contribution < 1.29 is 39.0 Å². The predicted molar refractivity (Wildman–Crippen MR) is 121 cm³/mol. The lowest BCUT2D eigenvalue weighted by Crippen LogP contribution is -2.33. The lowest BCUT2D eigenvalue weighted by molar-refractivity contribution is 0.0121. The first kappa shape index (κ1) is 24.0. The third-order valence-corrected chi connectivity index (χ3v) is 5.06. The van der Waals surface area contributed by atoms with Crippen LogP contribution in [0, 0.1) is 0 Å². The Bertz CT molecular complexity index is 1050. The maximum Gasteiger partial charge on any atom is 0.163 e. The van der Waals surface area contributed by atoms with Gasteiger partial charge in [-0.2, -0.15) is 0 Å². The Morgan fingerprint density at radius 1 is 0.697 bits per heavy atom. The van der Waals surface area contributed by atoms with Gasteiger partial charge in [-0.05, 0) is 42.0 Å². The van der Waals surface area contributed by atoms with Gasteiger partial charge in [-0.3, -0.25) is 0 Å². The highest BCUT2D eigenvalue weighted by atomic mass is 16.6. The number of rotatable bonds is 11. The second-order valence-corrected chi connectivity index (χ2v) is 7.10. The van der Waals surface area contributed by atoms with E-state index >= 15 is 0 Å². The number of phenolic OH excluding ortho intramolecular Hbond substituents is 1. The fraction of sp³-hybridized carbons (Fsp3) is 0.280. The largest absolute Gasteiger partial charge is 0.504 e. The molecule has 8 nitrogen and oxygen atoms in total. The first-order valence-electron chi connectivity index (χ1n) is 10.3. The van der Waals surface area contributed by atoms with Crippen LogP contribution in [0.15, 0.2) is 60.7 Å². The highest BCUT2D eigenvalue weighted by Gasteiger charge is 2.29. The van der Waals surface area contributed by atoms with Crippen LogP contribution in [0.1, 0.15) is 17.2 Å². The number of aliphatic hydroxyl groups is 2. The van der Waals surface area contributed by atoms with E-state index in [1.165, 1.54) is 27.4 Å². The van der Waals surface area contributed by atoms with Crippen molar-refractivity contribution in [2.24, 2.45) is 0 Å². The van der Waals surface area contributed by atoms with Crippen molar-refractivity contribution in [2.75, 3.05) is 27.9 Å². The number of phenols is 1. The minimum absolute atomic E-state index is 0.0314.